The highest BCUT2D eigenvalue weighted by molar-refractivity contribution is 7.97. The highest BCUT2D eigenvalue weighted by Crippen LogP contribution is 2.39. The molecule has 24 heavy (non-hydrogen) atoms. The Morgan fingerprint density at radius 3 is 2.62 bits per heavy atom. The van der Waals surface area contributed by atoms with Crippen molar-refractivity contribution in [1.29, 1.82) is 0 Å². The van der Waals surface area contributed by atoms with Gasteiger partial charge in [-0.15, -0.1) is 12.4 Å². The number of hydrogen-bond acceptors (Lipinski definition) is 3. The SMILES string of the molecule is CSCc1cc(C(=O)NC2C3CCCC2CC(N)C3)ccc1F.Cl. The van der Waals surface area contributed by atoms with Crippen LogP contribution in [0.2, 0.25) is 0 Å². The molecular formula is C18H26ClFN2OS. The third-order valence-corrected chi connectivity index (χ3v) is 5.88. The maximum atomic E-state index is 13.8. The molecule has 1 amide bonds. The smallest absolute Gasteiger partial charge is 0.251 e. The predicted octanol–water partition coefficient (Wildman–Crippen LogP) is 3.75. The van der Waals surface area contributed by atoms with Crippen LogP contribution in [0.1, 0.15) is 48.0 Å². The van der Waals surface area contributed by atoms with Gasteiger partial charge in [-0.05, 0) is 67.5 Å². The summed E-state index contributed by atoms with van der Waals surface area (Å²) in [6, 6.07) is 5.17. The lowest BCUT2D eigenvalue weighted by Gasteiger charge is -2.45. The van der Waals surface area contributed by atoms with Gasteiger partial charge in [-0.3, -0.25) is 4.79 Å². The summed E-state index contributed by atoms with van der Waals surface area (Å²) in [5, 5.41) is 3.22. The van der Waals surface area contributed by atoms with E-state index in [2.05, 4.69) is 5.32 Å². The van der Waals surface area contributed by atoms with Crippen molar-refractivity contribution >= 4 is 30.1 Å². The van der Waals surface area contributed by atoms with E-state index in [-0.39, 0.29) is 36.2 Å². The molecular weight excluding hydrogens is 347 g/mol. The number of amides is 1. The topological polar surface area (TPSA) is 55.1 Å². The first kappa shape index (κ1) is 19.5. The van der Waals surface area contributed by atoms with Crippen molar-refractivity contribution in [2.75, 3.05) is 6.26 Å². The zero-order valence-corrected chi connectivity index (χ0v) is 15.6. The minimum absolute atomic E-state index is 0. The summed E-state index contributed by atoms with van der Waals surface area (Å²) in [5.74, 6) is 1.25. The second-order valence-electron chi connectivity index (χ2n) is 6.92. The molecule has 0 radical (unpaired) electrons. The fourth-order valence-electron chi connectivity index (χ4n) is 4.24. The highest BCUT2D eigenvalue weighted by atomic mass is 35.5. The van der Waals surface area contributed by atoms with Crippen LogP contribution in [-0.2, 0) is 5.75 Å². The fraction of sp³-hybridized carbons (Fsp3) is 0.611. The molecule has 0 spiro atoms. The second kappa shape index (κ2) is 8.54. The molecule has 3 nitrogen and oxygen atoms in total. The number of thioether (sulfide) groups is 1. The quantitative estimate of drug-likeness (QED) is 0.846. The molecule has 1 aromatic carbocycles. The van der Waals surface area contributed by atoms with Crippen LogP contribution in [-0.4, -0.2) is 24.2 Å². The van der Waals surface area contributed by atoms with Gasteiger partial charge in [0.05, 0.1) is 0 Å². The highest BCUT2D eigenvalue weighted by Gasteiger charge is 2.39. The van der Waals surface area contributed by atoms with Crippen LogP contribution in [0.25, 0.3) is 0 Å². The Bertz CT molecular complexity index is 572. The van der Waals surface area contributed by atoms with Crippen LogP contribution in [0.4, 0.5) is 4.39 Å². The van der Waals surface area contributed by atoms with Crippen LogP contribution >= 0.6 is 24.2 Å². The van der Waals surface area contributed by atoms with Crippen LogP contribution < -0.4 is 11.1 Å². The largest absolute Gasteiger partial charge is 0.349 e. The van der Waals surface area contributed by atoms with Gasteiger partial charge in [-0.2, -0.15) is 11.8 Å². The molecule has 2 unspecified atom stereocenters. The lowest BCUT2D eigenvalue weighted by Crippen LogP contribution is -2.53. The maximum Gasteiger partial charge on any atom is 0.251 e. The lowest BCUT2D eigenvalue weighted by atomic mass is 9.67. The number of hydrogen-bond donors (Lipinski definition) is 2. The van der Waals surface area contributed by atoms with Gasteiger partial charge in [0.25, 0.3) is 5.91 Å². The monoisotopic (exact) mass is 372 g/mol. The first-order valence-corrected chi connectivity index (χ1v) is 9.81. The van der Waals surface area contributed by atoms with Crippen molar-refractivity contribution in [3.8, 4) is 0 Å². The Labute approximate surface area is 153 Å². The van der Waals surface area contributed by atoms with Crippen molar-refractivity contribution in [1.82, 2.24) is 5.32 Å². The molecule has 2 fully saturated rings. The van der Waals surface area contributed by atoms with E-state index in [1.165, 1.54) is 12.5 Å². The predicted molar refractivity (Wildman–Crippen MR) is 100 cm³/mol. The number of benzene rings is 1. The molecule has 2 bridgehead atoms. The standard InChI is InChI=1S/C18H25FN2OS.ClH/c1-23-10-14-7-13(5-6-16(14)19)18(22)21-17-11-3-2-4-12(17)9-15(20)8-11;/h5-7,11-12,15,17H,2-4,8-10,20H2,1H3,(H,21,22);1H. The minimum atomic E-state index is -0.239. The summed E-state index contributed by atoms with van der Waals surface area (Å²) in [5.41, 5.74) is 7.29. The molecule has 2 aliphatic rings. The molecule has 2 atom stereocenters. The molecule has 0 aromatic heterocycles. The average Bonchev–Trinajstić information content (AvgIpc) is 2.50. The molecule has 0 saturated heterocycles. The van der Waals surface area contributed by atoms with E-state index in [4.69, 9.17) is 5.73 Å². The van der Waals surface area contributed by atoms with E-state index in [1.807, 2.05) is 6.26 Å². The van der Waals surface area contributed by atoms with Crippen LogP contribution in [0.15, 0.2) is 18.2 Å². The molecule has 2 saturated carbocycles. The normalized spacial score (nSPS) is 28.8. The van der Waals surface area contributed by atoms with E-state index < -0.39 is 0 Å². The van der Waals surface area contributed by atoms with Crippen molar-refractivity contribution < 1.29 is 9.18 Å². The van der Waals surface area contributed by atoms with Crippen molar-refractivity contribution in [3.05, 3.63) is 35.1 Å². The van der Waals surface area contributed by atoms with Gasteiger partial charge >= 0.3 is 0 Å². The summed E-state index contributed by atoms with van der Waals surface area (Å²) in [6.07, 6.45) is 7.47. The van der Waals surface area contributed by atoms with Gasteiger partial charge in [0, 0.05) is 23.4 Å². The van der Waals surface area contributed by atoms with E-state index in [0.29, 0.717) is 28.7 Å². The summed E-state index contributed by atoms with van der Waals surface area (Å²) >= 11 is 1.55. The number of fused-ring (bicyclic) bond motifs is 2. The molecule has 134 valence electrons. The van der Waals surface area contributed by atoms with E-state index in [1.54, 1.807) is 23.9 Å². The third kappa shape index (κ3) is 4.24. The second-order valence-corrected chi connectivity index (χ2v) is 7.79. The summed E-state index contributed by atoms with van der Waals surface area (Å²) < 4.78 is 13.8. The molecule has 1 aromatic rings. The van der Waals surface area contributed by atoms with E-state index in [9.17, 15) is 9.18 Å². The Balaban J connectivity index is 0.00000208. The maximum absolute atomic E-state index is 13.8. The van der Waals surface area contributed by atoms with E-state index in [0.717, 1.165) is 25.7 Å². The first-order chi connectivity index (χ1) is 11.1. The average molecular weight is 373 g/mol. The van der Waals surface area contributed by atoms with Crippen molar-refractivity contribution in [3.63, 3.8) is 0 Å². The van der Waals surface area contributed by atoms with Gasteiger partial charge in [-0.1, -0.05) is 6.42 Å². The zero-order valence-electron chi connectivity index (χ0n) is 14.0. The minimum Gasteiger partial charge on any atom is -0.349 e. The Morgan fingerprint density at radius 2 is 2.00 bits per heavy atom. The Morgan fingerprint density at radius 1 is 1.33 bits per heavy atom. The molecule has 0 heterocycles. The molecule has 2 aliphatic carbocycles. The summed E-state index contributed by atoms with van der Waals surface area (Å²) in [7, 11) is 0. The fourth-order valence-corrected chi connectivity index (χ4v) is 4.77. The Kier molecular flexibility index (Phi) is 6.96. The molecule has 6 heteroatoms. The Hall–Kier alpha value is -0.780. The number of carbonyl (C=O) groups is 1. The molecule has 3 rings (SSSR count). The van der Waals surface area contributed by atoms with Crippen LogP contribution in [0.5, 0.6) is 0 Å². The zero-order chi connectivity index (χ0) is 16.4. The number of nitrogens with one attached hydrogen (secondary N) is 1. The molecule has 3 N–H and O–H groups in total. The summed E-state index contributed by atoms with van der Waals surface area (Å²) in [6.45, 7) is 0. The number of carbonyl (C=O) groups excluding carboxylic acids is 1. The van der Waals surface area contributed by atoms with Crippen LogP contribution in [0, 0.1) is 17.7 Å². The number of halogens is 2. The van der Waals surface area contributed by atoms with Crippen LogP contribution in [0.3, 0.4) is 0 Å². The number of rotatable bonds is 4. The third-order valence-electron chi connectivity index (χ3n) is 5.28. The van der Waals surface area contributed by atoms with Crippen molar-refractivity contribution in [2.24, 2.45) is 17.6 Å². The number of nitrogens with two attached hydrogens (primary N) is 1. The van der Waals surface area contributed by atoms with Gasteiger partial charge in [0.1, 0.15) is 5.82 Å². The molecule has 0 aliphatic heterocycles. The van der Waals surface area contributed by atoms with Gasteiger partial charge < -0.3 is 11.1 Å². The van der Waals surface area contributed by atoms with Gasteiger partial charge in [0.2, 0.25) is 0 Å². The van der Waals surface area contributed by atoms with Gasteiger partial charge in [0.15, 0.2) is 0 Å². The van der Waals surface area contributed by atoms with E-state index >= 15 is 0 Å². The first-order valence-electron chi connectivity index (χ1n) is 8.42. The summed E-state index contributed by atoms with van der Waals surface area (Å²) in [4.78, 5) is 12.6. The lowest BCUT2D eigenvalue weighted by molar-refractivity contribution is 0.0756. The van der Waals surface area contributed by atoms with Gasteiger partial charge in [-0.25, -0.2) is 4.39 Å². The van der Waals surface area contributed by atoms with Crippen molar-refractivity contribution in [2.45, 2.75) is 49.9 Å².